The molecule has 0 spiro atoms. The minimum absolute atomic E-state index is 0.234. The first kappa shape index (κ1) is 14.8. The van der Waals surface area contributed by atoms with E-state index in [0.29, 0.717) is 5.88 Å². The maximum absolute atomic E-state index is 5.88. The quantitative estimate of drug-likeness (QED) is 0.766. The lowest BCUT2D eigenvalue weighted by Gasteiger charge is -2.24. The van der Waals surface area contributed by atoms with Crippen molar-refractivity contribution in [3.05, 3.63) is 28.5 Å². The standard InChI is InChI=1S/C14H18BrClN2O/c1-14(2,19-3)9-18-12-5-4-10(15)8-11(12)17-13(18)6-7-16/h4-5,8H,6-7,9H2,1-3H3. The third-order valence-electron chi connectivity index (χ3n) is 3.20. The molecule has 0 amide bonds. The predicted molar refractivity (Wildman–Crippen MR) is 82.9 cm³/mol. The predicted octanol–water partition coefficient (Wildman–Crippen LogP) is 4.01. The molecular formula is C14H18BrClN2O. The summed E-state index contributed by atoms with van der Waals surface area (Å²) in [7, 11) is 1.73. The van der Waals surface area contributed by atoms with Gasteiger partial charge in [0.25, 0.3) is 0 Å². The van der Waals surface area contributed by atoms with Gasteiger partial charge < -0.3 is 9.30 Å². The zero-order valence-corrected chi connectivity index (χ0v) is 13.8. The van der Waals surface area contributed by atoms with Gasteiger partial charge in [-0.3, -0.25) is 0 Å². The molecule has 1 heterocycles. The average Bonchev–Trinajstić information content (AvgIpc) is 2.67. The molecule has 104 valence electrons. The van der Waals surface area contributed by atoms with Gasteiger partial charge in [-0.1, -0.05) is 15.9 Å². The lowest BCUT2D eigenvalue weighted by molar-refractivity contribution is 0.00846. The van der Waals surface area contributed by atoms with Gasteiger partial charge in [-0.05, 0) is 32.0 Å². The number of methoxy groups -OCH3 is 1. The lowest BCUT2D eigenvalue weighted by Crippen LogP contribution is -2.29. The molecule has 5 heteroatoms. The molecule has 0 aliphatic rings. The van der Waals surface area contributed by atoms with Crippen molar-refractivity contribution in [1.29, 1.82) is 0 Å². The third-order valence-corrected chi connectivity index (χ3v) is 3.88. The summed E-state index contributed by atoms with van der Waals surface area (Å²) in [4.78, 5) is 4.67. The molecule has 3 nitrogen and oxygen atoms in total. The van der Waals surface area contributed by atoms with Crippen LogP contribution in [0.4, 0.5) is 0 Å². The van der Waals surface area contributed by atoms with E-state index in [4.69, 9.17) is 16.3 Å². The van der Waals surface area contributed by atoms with Crippen molar-refractivity contribution in [2.24, 2.45) is 0 Å². The Hall–Kier alpha value is -0.580. The fraction of sp³-hybridized carbons (Fsp3) is 0.500. The molecule has 0 aliphatic heterocycles. The van der Waals surface area contributed by atoms with Gasteiger partial charge in [0.15, 0.2) is 0 Å². The highest BCUT2D eigenvalue weighted by atomic mass is 79.9. The second-order valence-corrected chi connectivity index (χ2v) is 6.44. The second kappa shape index (κ2) is 5.81. The van der Waals surface area contributed by atoms with E-state index in [0.717, 1.165) is 34.3 Å². The SMILES string of the molecule is COC(C)(C)Cn1c(CCCl)nc2cc(Br)ccc21. The van der Waals surface area contributed by atoms with Gasteiger partial charge in [0.2, 0.25) is 0 Å². The summed E-state index contributed by atoms with van der Waals surface area (Å²) in [6, 6.07) is 6.14. The highest BCUT2D eigenvalue weighted by Gasteiger charge is 2.21. The summed E-state index contributed by atoms with van der Waals surface area (Å²) >= 11 is 9.36. The van der Waals surface area contributed by atoms with Crippen molar-refractivity contribution in [2.45, 2.75) is 32.4 Å². The van der Waals surface area contributed by atoms with Gasteiger partial charge in [0.1, 0.15) is 5.82 Å². The van der Waals surface area contributed by atoms with Crippen molar-refractivity contribution in [3.8, 4) is 0 Å². The Morgan fingerprint density at radius 2 is 2.16 bits per heavy atom. The normalized spacial score (nSPS) is 12.3. The van der Waals surface area contributed by atoms with Crippen molar-refractivity contribution >= 4 is 38.6 Å². The lowest BCUT2D eigenvalue weighted by atomic mass is 10.1. The Kier molecular flexibility index (Phi) is 4.54. The van der Waals surface area contributed by atoms with E-state index in [1.807, 2.05) is 12.1 Å². The number of aromatic nitrogens is 2. The van der Waals surface area contributed by atoms with Gasteiger partial charge >= 0.3 is 0 Å². The van der Waals surface area contributed by atoms with Crippen LogP contribution < -0.4 is 0 Å². The summed E-state index contributed by atoms with van der Waals surface area (Å²) in [5.41, 5.74) is 1.87. The molecule has 2 rings (SSSR count). The zero-order chi connectivity index (χ0) is 14.0. The maximum Gasteiger partial charge on any atom is 0.111 e. The minimum Gasteiger partial charge on any atom is -0.377 e. The van der Waals surface area contributed by atoms with Gasteiger partial charge in [-0.2, -0.15) is 0 Å². The number of hydrogen-bond donors (Lipinski definition) is 0. The molecule has 0 fully saturated rings. The average molecular weight is 346 g/mol. The van der Waals surface area contributed by atoms with Crippen LogP contribution in [0, 0.1) is 0 Å². The van der Waals surface area contributed by atoms with Crippen LogP contribution in [-0.4, -0.2) is 28.1 Å². The van der Waals surface area contributed by atoms with E-state index >= 15 is 0 Å². The van der Waals surface area contributed by atoms with E-state index in [9.17, 15) is 0 Å². The molecule has 0 radical (unpaired) electrons. The molecule has 0 atom stereocenters. The van der Waals surface area contributed by atoms with Crippen LogP contribution in [-0.2, 0) is 17.7 Å². The van der Waals surface area contributed by atoms with Crippen molar-refractivity contribution in [1.82, 2.24) is 9.55 Å². The van der Waals surface area contributed by atoms with Crippen molar-refractivity contribution in [2.75, 3.05) is 13.0 Å². The number of ether oxygens (including phenoxy) is 1. The summed E-state index contributed by atoms with van der Waals surface area (Å²) in [6.07, 6.45) is 0.758. The van der Waals surface area contributed by atoms with E-state index < -0.39 is 0 Å². The number of imidazole rings is 1. The van der Waals surface area contributed by atoms with Crippen LogP contribution in [0.3, 0.4) is 0 Å². The van der Waals surface area contributed by atoms with Gasteiger partial charge in [-0.15, -0.1) is 11.6 Å². The highest BCUT2D eigenvalue weighted by Crippen LogP contribution is 2.24. The Bertz CT molecular complexity index is 580. The van der Waals surface area contributed by atoms with Crippen molar-refractivity contribution < 1.29 is 4.74 Å². The van der Waals surface area contributed by atoms with Gasteiger partial charge in [-0.25, -0.2) is 4.98 Å². The Morgan fingerprint density at radius 3 is 2.79 bits per heavy atom. The second-order valence-electron chi connectivity index (χ2n) is 5.15. The van der Waals surface area contributed by atoms with Crippen LogP contribution in [0.25, 0.3) is 11.0 Å². The van der Waals surface area contributed by atoms with Gasteiger partial charge in [0.05, 0.1) is 23.2 Å². The van der Waals surface area contributed by atoms with Crippen LogP contribution >= 0.6 is 27.5 Å². The topological polar surface area (TPSA) is 27.1 Å². The molecule has 0 N–H and O–H groups in total. The summed E-state index contributed by atoms with van der Waals surface area (Å²) < 4.78 is 8.76. The number of halogens is 2. The summed E-state index contributed by atoms with van der Waals surface area (Å²) in [6.45, 7) is 4.90. The number of hydrogen-bond acceptors (Lipinski definition) is 2. The molecule has 0 saturated heterocycles. The smallest absolute Gasteiger partial charge is 0.111 e. The first-order valence-corrected chi connectivity index (χ1v) is 7.55. The molecule has 0 bridgehead atoms. The van der Waals surface area contributed by atoms with Gasteiger partial charge in [0, 0.05) is 23.9 Å². The van der Waals surface area contributed by atoms with E-state index in [-0.39, 0.29) is 5.60 Å². The number of fused-ring (bicyclic) bond motifs is 1. The Labute approximate surface area is 127 Å². The van der Waals surface area contributed by atoms with E-state index in [2.05, 4.69) is 45.4 Å². The molecular weight excluding hydrogens is 328 g/mol. The first-order chi connectivity index (χ1) is 8.96. The molecule has 0 unspecified atom stereocenters. The first-order valence-electron chi connectivity index (χ1n) is 6.22. The van der Waals surface area contributed by atoms with E-state index in [1.54, 1.807) is 7.11 Å². The third kappa shape index (κ3) is 3.30. The molecule has 1 aromatic heterocycles. The fourth-order valence-electron chi connectivity index (χ4n) is 2.05. The molecule has 1 aromatic carbocycles. The Morgan fingerprint density at radius 1 is 1.42 bits per heavy atom. The maximum atomic E-state index is 5.88. The number of nitrogens with zero attached hydrogens (tertiary/aromatic N) is 2. The summed E-state index contributed by atoms with van der Waals surface area (Å²) in [5.74, 6) is 1.57. The summed E-state index contributed by atoms with van der Waals surface area (Å²) in [5, 5.41) is 0. The number of rotatable bonds is 5. The molecule has 0 aliphatic carbocycles. The van der Waals surface area contributed by atoms with E-state index in [1.165, 1.54) is 0 Å². The van der Waals surface area contributed by atoms with Crippen LogP contribution in [0.2, 0.25) is 0 Å². The van der Waals surface area contributed by atoms with Crippen molar-refractivity contribution in [3.63, 3.8) is 0 Å². The van der Waals surface area contributed by atoms with Crippen LogP contribution in [0.15, 0.2) is 22.7 Å². The monoisotopic (exact) mass is 344 g/mol. The number of aryl methyl sites for hydroxylation is 1. The highest BCUT2D eigenvalue weighted by molar-refractivity contribution is 9.10. The zero-order valence-electron chi connectivity index (χ0n) is 11.4. The van der Waals surface area contributed by atoms with Crippen LogP contribution in [0.1, 0.15) is 19.7 Å². The largest absolute Gasteiger partial charge is 0.377 e. The minimum atomic E-state index is -0.234. The molecule has 19 heavy (non-hydrogen) atoms. The number of benzene rings is 1. The molecule has 2 aromatic rings. The Balaban J connectivity index is 2.52. The number of alkyl halides is 1. The van der Waals surface area contributed by atoms with Crippen LogP contribution in [0.5, 0.6) is 0 Å². The fourth-order valence-corrected chi connectivity index (χ4v) is 2.57. The molecule has 0 saturated carbocycles.